The van der Waals surface area contributed by atoms with Gasteiger partial charge < -0.3 is 10.2 Å². The zero-order chi connectivity index (χ0) is 12.5. The highest BCUT2D eigenvalue weighted by Gasteiger charge is 2.29. The molecule has 1 heterocycles. The minimum absolute atomic E-state index is 0.115. The summed E-state index contributed by atoms with van der Waals surface area (Å²) < 4.78 is 1.63. The van der Waals surface area contributed by atoms with Crippen molar-refractivity contribution in [3.8, 4) is 0 Å². The Labute approximate surface area is 106 Å². The number of amides is 1. The van der Waals surface area contributed by atoms with Crippen LogP contribution in [0, 0.1) is 0 Å². The lowest BCUT2D eigenvalue weighted by atomic mass is 10.4. The SMILES string of the molecule is CN(C(=O)Cn1cc(CNC2CC2)nn1)C1CC1. The van der Waals surface area contributed by atoms with Crippen LogP contribution >= 0.6 is 0 Å². The van der Waals surface area contributed by atoms with Gasteiger partial charge in [-0.25, -0.2) is 4.68 Å². The van der Waals surface area contributed by atoms with Gasteiger partial charge in [0.25, 0.3) is 0 Å². The second-order valence-electron chi connectivity index (χ2n) is 5.30. The number of aromatic nitrogens is 3. The fourth-order valence-corrected chi connectivity index (χ4v) is 1.95. The number of rotatable bonds is 6. The molecular formula is C12H19N5O. The standard InChI is InChI=1S/C12H19N5O/c1-16(11-4-5-11)12(18)8-17-7-10(14-15-17)6-13-9-2-3-9/h7,9,11,13H,2-6,8H2,1H3. The molecule has 2 aliphatic carbocycles. The van der Waals surface area contributed by atoms with Crippen LogP contribution in [-0.4, -0.2) is 44.9 Å². The molecule has 0 spiro atoms. The molecule has 0 aromatic carbocycles. The molecule has 0 aliphatic heterocycles. The van der Waals surface area contributed by atoms with E-state index in [4.69, 9.17) is 0 Å². The van der Waals surface area contributed by atoms with Crippen molar-refractivity contribution in [2.75, 3.05) is 7.05 Å². The van der Waals surface area contributed by atoms with E-state index in [-0.39, 0.29) is 5.91 Å². The summed E-state index contributed by atoms with van der Waals surface area (Å²) in [5.41, 5.74) is 0.906. The predicted molar refractivity (Wildman–Crippen MR) is 65.7 cm³/mol. The first-order chi connectivity index (χ1) is 8.72. The smallest absolute Gasteiger partial charge is 0.244 e. The molecule has 0 unspecified atom stereocenters. The maximum atomic E-state index is 11.9. The van der Waals surface area contributed by atoms with Gasteiger partial charge in [0.1, 0.15) is 6.54 Å². The molecule has 1 amide bonds. The average molecular weight is 249 g/mol. The summed E-state index contributed by atoms with van der Waals surface area (Å²) >= 11 is 0. The van der Waals surface area contributed by atoms with Gasteiger partial charge in [-0.3, -0.25) is 4.79 Å². The van der Waals surface area contributed by atoms with Crippen LogP contribution in [0.5, 0.6) is 0 Å². The van der Waals surface area contributed by atoms with Crippen molar-refractivity contribution >= 4 is 5.91 Å². The van der Waals surface area contributed by atoms with Crippen molar-refractivity contribution in [1.82, 2.24) is 25.2 Å². The van der Waals surface area contributed by atoms with Crippen LogP contribution < -0.4 is 5.32 Å². The molecule has 1 N–H and O–H groups in total. The summed E-state index contributed by atoms with van der Waals surface area (Å²) in [4.78, 5) is 13.7. The molecule has 0 atom stereocenters. The van der Waals surface area contributed by atoms with E-state index in [1.54, 1.807) is 4.68 Å². The molecular weight excluding hydrogens is 230 g/mol. The molecule has 3 rings (SSSR count). The third-order valence-corrected chi connectivity index (χ3v) is 3.52. The summed E-state index contributed by atoms with van der Waals surface area (Å²) in [7, 11) is 1.87. The lowest BCUT2D eigenvalue weighted by Gasteiger charge is -2.15. The lowest BCUT2D eigenvalue weighted by Crippen LogP contribution is -2.32. The van der Waals surface area contributed by atoms with Gasteiger partial charge in [0.05, 0.1) is 11.9 Å². The van der Waals surface area contributed by atoms with Gasteiger partial charge in [-0.15, -0.1) is 5.10 Å². The number of nitrogens with zero attached hydrogens (tertiary/aromatic N) is 4. The Hall–Kier alpha value is -1.43. The molecule has 0 bridgehead atoms. The second-order valence-corrected chi connectivity index (χ2v) is 5.30. The number of nitrogens with one attached hydrogen (secondary N) is 1. The maximum Gasteiger partial charge on any atom is 0.244 e. The molecule has 0 saturated heterocycles. The Morgan fingerprint density at radius 1 is 1.50 bits per heavy atom. The van der Waals surface area contributed by atoms with Gasteiger partial charge in [0.2, 0.25) is 5.91 Å². The molecule has 98 valence electrons. The number of carbonyl (C=O) groups is 1. The molecule has 0 radical (unpaired) electrons. The Bertz CT molecular complexity index is 435. The van der Waals surface area contributed by atoms with Crippen molar-refractivity contribution in [2.24, 2.45) is 0 Å². The van der Waals surface area contributed by atoms with Crippen molar-refractivity contribution in [2.45, 2.75) is 50.9 Å². The van der Waals surface area contributed by atoms with Crippen LogP contribution in [0.15, 0.2) is 6.20 Å². The summed E-state index contributed by atoms with van der Waals surface area (Å²) in [5.74, 6) is 0.115. The van der Waals surface area contributed by atoms with Crippen LogP contribution in [0.1, 0.15) is 31.4 Å². The van der Waals surface area contributed by atoms with E-state index in [9.17, 15) is 4.79 Å². The minimum atomic E-state index is 0.115. The van der Waals surface area contributed by atoms with Crippen LogP contribution in [0.25, 0.3) is 0 Å². The zero-order valence-electron chi connectivity index (χ0n) is 10.7. The normalized spacial score (nSPS) is 18.9. The summed E-state index contributed by atoms with van der Waals surface area (Å²) in [6.07, 6.45) is 6.65. The van der Waals surface area contributed by atoms with Gasteiger partial charge in [-0.1, -0.05) is 5.21 Å². The Kier molecular flexibility index (Phi) is 3.03. The van der Waals surface area contributed by atoms with Crippen molar-refractivity contribution in [3.05, 3.63) is 11.9 Å². The Morgan fingerprint density at radius 3 is 2.94 bits per heavy atom. The molecule has 2 fully saturated rings. The number of likely N-dealkylation sites (N-methyl/N-ethyl adjacent to an activating group) is 1. The minimum Gasteiger partial charge on any atom is -0.341 e. The van der Waals surface area contributed by atoms with E-state index in [0.717, 1.165) is 25.1 Å². The second kappa shape index (κ2) is 4.68. The highest BCUT2D eigenvalue weighted by Crippen LogP contribution is 2.25. The van der Waals surface area contributed by atoms with Gasteiger partial charge >= 0.3 is 0 Å². The first-order valence-electron chi connectivity index (χ1n) is 6.60. The van der Waals surface area contributed by atoms with Crippen LogP contribution in [0.3, 0.4) is 0 Å². The van der Waals surface area contributed by atoms with Crippen LogP contribution in [0.4, 0.5) is 0 Å². The highest BCUT2D eigenvalue weighted by atomic mass is 16.2. The third-order valence-electron chi connectivity index (χ3n) is 3.52. The molecule has 1 aromatic heterocycles. The van der Waals surface area contributed by atoms with E-state index in [1.807, 2.05) is 18.1 Å². The highest BCUT2D eigenvalue weighted by molar-refractivity contribution is 5.76. The number of hydrogen-bond acceptors (Lipinski definition) is 4. The van der Waals surface area contributed by atoms with E-state index in [2.05, 4.69) is 15.6 Å². The van der Waals surface area contributed by atoms with Gasteiger partial charge in [-0.2, -0.15) is 0 Å². The topological polar surface area (TPSA) is 63.1 Å². The van der Waals surface area contributed by atoms with E-state index >= 15 is 0 Å². The third kappa shape index (κ3) is 2.87. The number of hydrogen-bond donors (Lipinski definition) is 1. The Morgan fingerprint density at radius 2 is 2.28 bits per heavy atom. The predicted octanol–water partition coefficient (Wildman–Crippen LogP) is 0.151. The average Bonchev–Trinajstić information content (AvgIpc) is 3.26. The lowest BCUT2D eigenvalue weighted by molar-refractivity contribution is -0.131. The maximum absolute atomic E-state index is 11.9. The molecule has 6 nitrogen and oxygen atoms in total. The molecule has 18 heavy (non-hydrogen) atoms. The summed E-state index contributed by atoms with van der Waals surface area (Å²) in [6, 6.07) is 1.12. The molecule has 1 aromatic rings. The number of carbonyl (C=O) groups excluding carboxylic acids is 1. The van der Waals surface area contributed by atoms with Crippen molar-refractivity contribution in [3.63, 3.8) is 0 Å². The van der Waals surface area contributed by atoms with Crippen LogP contribution in [0.2, 0.25) is 0 Å². The molecule has 2 aliphatic rings. The van der Waals surface area contributed by atoms with Crippen molar-refractivity contribution in [1.29, 1.82) is 0 Å². The Balaban J connectivity index is 1.50. The zero-order valence-corrected chi connectivity index (χ0v) is 10.7. The summed E-state index contributed by atoms with van der Waals surface area (Å²) in [5, 5.41) is 11.4. The molecule has 6 heteroatoms. The van der Waals surface area contributed by atoms with E-state index in [1.165, 1.54) is 12.8 Å². The first kappa shape index (κ1) is 11.6. The quantitative estimate of drug-likeness (QED) is 0.779. The summed E-state index contributed by atoms with van der Waals surface area (Å²) in [6.45, 7) is 1.04. The largest absolute Gasteiger partial charge is 0.341 e. The fourth-order valence-electron chi connectivity index (χ4n) is 1.95. The van der Waals surface area contributed by atoms with Gasteiger partial charge in [0, 0.05) is 25.7 Å². The van der Waals surface area contributed by atoms with E-state index < -0.39 is 0 Å². The van der Waals surface area contributed by atoms with Gasteiger partial charge in [0.15, 0.2) is 0 Å². The van der Waals surface area contributed by atoms with Gasteiger partial charge in [-0.05, 0) is 25.7 Å². The van der Waals surface area contributed by atoms with Crippen molar-refractivity contribution < 1.29 is 4.79 Å². The van der Waals surface area contributed by atoms with Crippen LogP contribution in [-0.2, 0) is 17.9 Å². The first-order valence-corrected chi connectivity index (χ1v) is 6.60. The fraction of sp³-hybridized carbons (Fsp3) is 0.750. The van der Waals surface area contributed by atoms with E-state index in [0.29, 0.717) is 18.6 Å². The molecule has 2 saturated carbocycles. The monoisotopic (exact) mass is 249 g/mol.